The number of nitrogens with zero attached hydrogens (tertiary/aromatic N) is 1. The molecule has 2 rings (SSSR count). The molecule has 1 aromatic rings. The Kier molecular flexibility index (Phi) is 3.96. The maximum absolute atomic E-state index is 12.9. The summed E-state index contributed by atoms with van der Waals surface area (Å²) in [5.41, 5.74) is 6.79. The van der Waals surface area contributed by atoms with Gasteiger partial charge in [0.25, 0.3) is 0 Å². The fourth-order valence-corrected chi connectivity index (χ4v) is 3.09. The molecule has 0 saturated carbocycles. The monoisotopic (exact) mass is 287 g/mol. The molecule has 106 valence electrons. The number of piperidine rings is 1. The van der Waals surface area contributed by atoms with E-state index >= 15 is 0 Å². The third kappa shape index (κ3) is 3.57. The molecule has 0 unspecified atom stereocenters. The van der Waals surface area contributed by atoms with E-state index in [1.165, 1.54) is 22.7 Å². The van der Waals surface area contributed by atoms with Crippen LogP contribution in [0.25, 0.3) is 0 Å². The maximum Gasteiger partial charge on any atom is 0.211 e. The molecule has 3 N–H and O–H groups in total. The van der Waals surface area contributed by atoms with Crippen LogP contribution in [0, 0.1) is 5.82 Å². The number of anilines is 2. The topological polar surface area (TPSA) is 75.4 Å². The molecule has 1 aliphatic heterocycles. The van der Waals surface area contributed by atoms with E-state index in [0.717, 1.165) is 0 Å². The van der Waals surface area contributed by atoms with Crippen LogP contribution < -0.4 is 11.1 Å². The van der Waals surface area contributed by atoms with Crippen molar-refractivity contribution in [3.8, 4) is 0 Å². The van der Waals surface area contributed by atoms with E-state index in [9.17, 15) is 12.8 Å². The molecule has 0 aliphatic carbocycles. The number of rotatable bonds is 3. The minimum Gasteiger partial charge on any atom is -0.397 e. The Morgan fingerprint density at radius 1 is 1.37 bits per heavy atom. The lowest BCUT2D eigenvalue weighted by Crippen LogP contribution is -2.41. The third-order valence-corrected chi connectivity index (χ3v) is 4.60. The zero-order valence-electron chi connectivity index (χ0n) is 10.8. The van der Waals surface area contributed by atoms with Crippen LogP contribution in [0.3, 0.4) is 0 Å². The standard InChI is InChI=1S/C12H18FN3O2S/c1-19(17,18)16-6-4-10(5-7-16)15-12-3-2-9(13)8-11(12)14/h2-3,8,10,15H,4-7,14H2,1H3. The van der Waals surface area contributed by atoms with Crippen LogP contribution in [0.5, 0.6) is 0 Å². The Labute approximate surface area is 112 Å². The summed E-state index contributed by atoms with van der Waals surface area (Å²) in [5, 5.41) is 3.24. The zero-order valence-corrected chi connectivity index (χ0v) is 11.6. The van der Waals surface area contributed by atoms with Crippen molar-refractivity contribution in [2.24, 2.45) is 0 Å². The molecule has 5 nitrogen and oxygen atoms in total. The van der Waals surface area contributed by atoms with Gasteiger partial charge in [-0.3, -0.25) is 0 Å². The first-order valence-corrected chi connectivity index (χ1v) is 7.98. The van der Waals surface area contributed by atoms with E-state index in [1.54, 1.807) is 6.07 Å². The number of hydrogen-bond acceptors (Lipinski definition) is 4. The van der Waals surface area contributed by atoms with Gasteiger partial charge in [0.15, 0.2) is 0 Å². The lowest BCUT2D eigenvalue weighted by Gasteiger charge is -2.31. The highest BCUT2D eigenvalue weighted by atomic mass is 32.2. The van der Waals surface area contributed by atoms with Crippen molar-refractivity contribution in [3.63, 3.8) is 0 Å². The first-order chi connectivity index (χ1) is 8.86. The van der Waals surface area contributed by atoms with E-state index < -0.39 is 10.0 Å². The van der Waals surface area contributed by atoms with E-state index in [4.69, 9.17) is 5.73 Å². The summed E-state index contributed by atoms with van der Waals surface area (Å²) in [6.07, 6.45) is 2.65. The van der Waals surface area contributed by atoms with Crippen LogP contribution in [0.15, 0.2) is 18.2 Å². The van der Waals surface area contributed by atoms with Crippen molar-refractivity contribution in [2.75, 3.05) is 30.4 Å². The molecular weight excluding hydrogens is 269 g/mol. The molecule has 0 bridgehead atoms. The van der Waals surface area contributed by atoms with Crippen LogP contribution in [0.4, 0.5) is 15.8 Å². The van der Waals surface area contributed by atoms with Crippen molar-refractivity contribution in [3.05, 3.63) is 24.0 Å². The summed E-state index contributed by atoms with van der Waals surface area (Å²) in [6.45, 7) is 0.995. The first-order valence-electron chi connectivity index (χ1n) is 6.13. The molecule has 1 heterocycles. The van der Waals surface area contributed by atoms with E-state index in [0.29, 0.717) is 37.3 Å². The summed E-state index contributed by atoms with van der Waals surface area (Å²) in [4.78, 5) is 0. The highest BCUT2D eigenvalue weighted by molar-refractivity contribution is 7.88. The minimum atomic E-state index is -3.10. The van der Waals surface area contributed by atoms with Gasteiger partial charge in [0, 0.05) is 19.1 Å². The largest absolute Gasteiger partial charge is 0.397 e. The van der Waals surface area contributed by atoms with Crippen LogP contribution in [-0.4, -0.2) is 38.1 Å². The average molecular weight is 287 g/mol. The van der Waals surface area contributed by atoms with Crippen molar-refractivity contribution in [2.45, 2.75) is 18.9 Å². The fourth-order valence-electron chi connectivity index (χ4n) is 2.22. The van der Waals surface area contributed by atoms with Gasteiger partial charge < -0.3 is 11.1 Å². The summed E-state index contributed by atoms with van der Waals surface area (Å²) >= 11 is 0. The van der Waals surface area contributed by atoms with E-state index in [1.807, 2.05) is 0 Å². The number of nitrogens with one attached hydrogen (secondary N) is 1. The number of hydrogen-bond donors (Lipinski definition) is 2. The predicted molar refractivity (Wildman–Crippen MR) is 73.9 cm³/mol. The minimum absolute atomic E-state index is 0.158. The van der Waals surface area contributed by atoms with E-state index in [-0.39, 0.29) is 11.9 Å². The fraction of sp³-hybridized carbons (Fsp3) is 0.500. The molecule has 0 amide bonds. The zero-order chi connectivity index (χ0) is 14.0. The lowest BCUT2D eigenvalue weighted by atomic mass is 10.1. The summed E-state index contributed by atoms with van der Waals surface area (Å²) in [5.74, 6) is -0.366. The molecule has 1 aliphatic rings. The van der Waals surface area contributed by atoms with Gasteiger partial charge in [-0.25, -0.2) is 17.1 Å². The second-order valence-electron chi connectivity index (χ2n) is 4.81. The number of nitrogens with two attached hydrogens (primary N) is 1. The molecule has 0 atom stereocenters. The van der Waals surface area contributed by atoms with E-state index in [2.05, 4.69) is 5.32 Å². The average Bonchev–Trinajstić information content (AvgIpc) is 2.32. The van der Waals surface area contributed by atoms with Gasteiger partial charge in [0.1, 0.15) is 5.82 Å². The van der Waals surface area contributed by atoms with Gasteiger partial charge in [-0.15, -0.1) is 0 Å². The van der Waals surface area contributed by atoms with Crippen molar-refractivity contribution < 1.29 is 12.8 Å². The summed E-state index contributed by atoms with van der Waals surface area (Å²) in [7, 11) is -3.10. The Bertz CT molecular complexity index is 554. The van der Waals surface area contributed by atoms with Crippen LogP contribution in [-0.2, 0) is 10.0 Å². The number of nitrogen functional groups attached to an aromatic ring is 1. The predicted octanol–water partition coefficient (Wildman–Crippen LogP) is 1.24. The van der Waals surface area contributed by atoms with Crippen molar-refractivity contribution in [1.82, 2.24) is 4.31 Å². The van der Waals surface area contributed by atoms with Gasteiger partial charge in [-0.05, 0) is 31.0 Å². The molecule has 0 spiro atoms. The molecule has 0 radical (unpaired) electrons. The molecule has 1 aromatic carbocycles. The third-order valence-electron chi connectivity index (χ3n) is 3.30. The van der Waals surface area contributed by atoms with Gasteiger partial charge in [0.05, 0.1) is 17.6 Å². The first kappa shape index (κ1) is 14.1. The number of sulfonamides is 1. The number of halogens is 1. The Morgan fingerprint density at radius 3 is 2.53 bits per heavy atom. The summed E-state index contributed by atoms with van der Waals surface area (Å²) in [6, 6.07) is 4.39. The molecule has 1 fully saturated rings. The molecule has 7 heteroatoms. The molecule has 0 aromatic heterocycles. The quantitative estimate of drug-likeness (QED) is 0.820. The van der Waals surface area contributed by atoms with Gasteiger partial charge in [0.2, 0.25) is 10.0 Å². The Balaban J connectivity index is 1.96. The highest BCUT2D eigenvalue weighted by Crippen LogP contribution is 2.23. The maximum atomic E-state index is 12.9. The molecule has 1 saturated heterocycles. The van der Waals surface area contributed by atoms with Crippen LogP contribution in [0.1, 0.15) is 12.8 Å². The SMILES string of the molecule is CS(=O)(=O)N1CCC(Nc2ccc(F)cc2N)CC1. The molecular formula is C12H18FN3O2S. The Morgan fingerprint density at radius 2 is 2.00 bits per heavy atom. The molecule has 19 heavy (non-hydrogen) atoms. The summed E-state index contributed by atoms with van der Waals surface area (Å²) < 4.78 is 37.2. The second kappa shape index (κ2) is 5.34. The van der Waals surface area contributed by atoms with Crippen molar-refractivity contribution >= 4 is 21.4 Å². The highest BCUT2D eigenvalue weighted by Gasteiger charge is 2.24. The smallest absolute Gasteiger partial charge is 0.211 e. The van der Waals surface area contributed by atoms with Crippen LogP contribution >= 0.6 is 0 Å². The Hall–Kier alpha value is -1.34. The van der Waals surface area contributed by atoms with Gasteiger partial charge in [-0.2, -0.15) is 0 Å². The van der Waals surface area contributed by atoms with Crippen molar-refractivity contribution in [1.29, 1.82) is 0 Å². The van der Waals surface area contributed by atoms with Gasteiger partial charge >= 0.3 is 0 Å². The second-order valence-corrected chi connectivity index (χ2v) is 6.79. The number of benzene rings is 1. The van der Waals surface area contributed by atoms with Gasteiger partial charge in [-0.1, -0.05) is 0 Å². The lowest BCUT2D eigenvalue weighted by molar-refractivity contribution is 0.332. The normalized spacial score (nSPS) is 18.4. The van der Waals surface area contributed by atoms with Crippen LogP contribution in [0.2, 0.25) is 0 Å².